The molecule has 1 aliphatic heterocycles. The van der Waals surface area contributed by atoms with E-state index in [1.165, 1.54) is 0 Å². The van der Waals surface area contributed by atoms with Gasteiger partial charge in [0.15, 0.2) is 0 Å². The van der Waals surface area contributed by atoms with Gasteiger partial charge in [0.2, 0.25) is 5.91 Å². The number of hydrogen-bond acceptors (Lipinski definition) is 2. The van der Waals surface area contributed by atoms with Crippen molar-refractivity contribution in [2.75, 3.05) is 19.0 Å². The quantitative estimate of drug-likeness (QED) is 0.556. The van der Waals surface area contributed by atoms with Crippen molar-refractivity contribution in [3.63, 3.8) is 0 Å². The maximum absolute atomic E-state index is 11.4. The van der Waals surface area contributed by atoms with Gasteiger partial charge in [0.1, 0.15) is 0 Å². The van der Waals surface area contributed by atoms with Crippen LogP contribution in [0.2, 0.25) is 0 Å². The number of rotatable bonds is 6. The summed E-state index contributed by atoms with van der Waals surface area (Å²) in [5, 5.41) is 8.44. The number of hydrogen-bond donors (Lipinski definition) is 1. The summed E-state index contributed by atoms with van der Waals surface area (Å²) in [5.74, 6) is 0.174. The van der Waals surface area contributed by atoms with Crippen LogP contribution in [0.15, 0.2) is 0 Å². The zero-order valence-electron chi connectivity index (χ0n) is 8.62. The molecular weight excluding hydrogens is 218 g/mol. The summed E-state index contributed by atoms with van der Waals surface area (Å²) in [6.07, 6.45) is 2.11. The molecule has 0 radical (unpaired) electrons. The highest BCUT2D eigenvalue weighted by atomic mass is 35.5. The first kappa shape index (κ1) is 12.3. The van der Waals surface area contributed by atoms with E-state index in [0.717, 1.165) is 13.0 Å². The summed E-state index contributed by atoms with van der Waals surface area (Å²) in [7, 11) is 0. The van der Waals surface area contributed by atoms with Gasteiger partial charge in [-0.25, -0.2) is 0 Å². The van der Waals surface area contributed by atoms with Gasteiger partial charge in [0.25, 0.3) is 0 Å². The lowest BCUT2D eigenvalue weighted by Crippen LogP contribution is -2.26. The number of halogens is 1. The van der Waals surface area contributed by atoms with Crippen molar-refractivity contribution in [2.45, 2.75) is 25.7 Å². The van der Waals surface area contributed by atoms with E-state index >= 15 is 0 Å². The molecule has 0 bridgehead atoms. The molecule has 1 aliphatic rings. The van der Waals surface area contributed by atoms with Gasteiger partial charge < -0.3 is 10.0 Å². The van der Waals surface area contributed by atoms with E-state index in [2.05, 4.69) is 0 Å². The Kier molecular flexibility index (Phi) is 4.88. The summed E-state index contributed by atoms with van der Waals surface area (Å²) in [6.45, 7) is 1.40. The summed E-state index contributed by atoms with van der Waals surface area (Å²) in [6, 6.07) is 0. The SMILES string of the molecule is O=C(O)CCCCN1CC(CCl)CC1=O. The first-order chi connectivity index (χ1) is 7.13. The Labute approximate surface area is 94.2 Å². The fourth-order valence-corrected chi connectivity index (χ4v) is 1.96. The lowest BCUT2D eigenvalue weighted by molar-refractivity contribution is -0.137. The number of carboxylic acid groups (broad SMARTS) is 1. The van der Waals surface area contributed by atoms with Crippen molar-refractivity contribution < 1.29 is 14.7 Å². The molecule has 0 aromatic rings. The van der Waals surface area contributed by atoms with Crippen LogP contribution in [0.4, 0.5) is 0 Å². The van der Waals surface area contributed by atoms with Crippen molar-refractivity contribution in [2.24, 2.45) is 5.92 Å². The largest absolute Gasteiger partial charge is 0.481 e. The standard InChI is InChI=1S/C10H16ClNO3/c11-6-8-5-9(13)12(7-8)4-2-1-3-10(14)15/h8H,1-7H2,(H,14,15). The zero-order valence-corrected chi connectivity index (χ0v) is 9.37. The highest BCUT2D eigenvalue weighted by Gasteiger charge is 2.28. The molecule has 1 saturated heterocycles. The second-order valence-electron chi connectivity index (χ2n) is 3.92. The number of likely N-dealkylation sites (tertiary alicyclic amines) is 1. The topological polar surface area (TPSA) is 57.6 Å². The summed E-state index contributed by atoms with van der Waals surface area (Å²) < 4.78 is 0. The molecule has 1 amide bonds. The number of unbranched alkanes of at least 4 members (excludes halogenated alkanes) is 1. The third-order valence-corrected chi connectivity index (χ3v) is 3.02. The van der Waals surface area contributed by atoms with Gasteiger partial charge >= 0.3 is 5.97 Å². The number of amides is 1. The second-order valence-corrected chi connectivity index (χ2v) is 4.22. The lowest BCUT2D eigenvalue weighted by atomic mass is 10.1. The maximum atomic E-state index is 11.4. The molecule has 1 atom stereocenters. The third-order valence-electron chi connectivity index (χ3n) is 2.58. The Morgan fingerprint density at radius 2 is 2.27 bits per heavy atom. The fourth-order valence-electron chi connectivity index (χ4n) is 1.75. The predicted octanol–water partition coefficient (Wildman–Crippen LogP) is 1.33. The molecule has 0 spiro atoms. The smallest absolute Gasteiger partial charge is 0.303 e. The molecular formula is C10H16ClNO3. The van der Waals surface area contributed by atoms with E-state index < -0.39 is 5.97 Å². The van der Waals surface area contributed by atoms with E-state index in [4.69, 9.17) is 16.7 Å². The third kappa shape index (κ3) is 4.08. The van der Waals surface area contributed by atoms with E-state index in [1.54, 1.807) is 4.90 Å². The van der Waals surface area contributed by atoms with Crippen LogP contribution in [0.3, 0.4) is 0 Å². The Balaban J connectivity index is 2.16. The molecule has 1 N–H and O–H groups in total. The number of aliphatic carboxylic acids is 1. The highest BCUT2D eigenvalue weighted by Crippen LogP contribution is 2.19. The minimum atomic E-state index is -0.776. The Hall–Kier alpha value is -0.770. The van der Waals surface area contributed by atoms with Gasteiger partial charge in [-0.2, -0.15) is 0 Å². The number of carbonyl (C=O) groups is 2. The van der Waals surface area contributed by atoms with Gasteiger partial charge in [-0.3, -0.25) is 9.59 Å². The van der Waals surface area contributed by atoms with Crippen LogP contribution in [-0.4, -0.2) is 40.9 Å². The first-order valence-electron chi connectivity index (χ1n) is 5.19. The number of alkyl halides is 1. The van der Waals surface area contributed by atoms with E-state index in [9.17, 15) is 9.59 Å². The summed E-state index contributed by atoms with van der Waals surface area (Å²) in [4.78, 5) is 23.5. The Morgan fingerprint density at radius 1 is 1.53 bits per heavy atom. The molecule has 1 heterocycles. The molecule has 1 rings (SSSR count). The normalized spacial score (nSPS) is 21.0. The average Bonchev–Trinajstić information content (AvgIpc) is 2.54. The van der Waals surface area contributed by atoms with Gasteiger partial charge in [0.05, 0.1) is 0 Å². The van der Waals surface area contributed by atoms with Crippen LogP contribution < -0.4 is 0 Å². The summed E-state index contributed by atoms with van der Waals surface area (Å²) >= 11 is 5.68. The molecule has 0 aromatic carbocycles. The van der Waals surface area contributed by atoms with E-state index in [1.807, 2.05) is 0 Å². The van der Waals surface area contributed by atoms with Gasteiger partial charge in [-0.1, -0.05) is 0 Å². The number of carbonyl (C=O) groups excluding carboxylic acids is 1. The average molecular weight is 234 g/mol. The Morgan fingerprint density at radius 3 is 2.80 bits per heavy atom. The Bertz CT molecular complexity index is 245. The predicted molar refractivity (Wildman–Crippen MR) is 56.9 cm³/mol. The maximum Gasteiger partial charge on any atom is 0.303 e. The van der Waals surface area contributed by atoms with E-state index in [-0.39, 0.29) is 18.2 Å². The number of carboxylic acids is 1. The van der Waals surface area contributed by atoms with Crippen LogP contribution in [0.5, 0.6) is 0 Å². The van der Waals surface area contributed by atoms with Crippen LogP contribution in [0.1, 0.15) is 25.7 Å². The molecule has 4 nitrogen and oxygen atoms in total. The minimum absolute atomic E-state index is 0.149. The minimum Gasteiger partial charge on any atom is -0.481 e. The van der Waals surface area contributed by atoms with Gasteiger partial charge in [-0.05, 0) is 18.8 Å². The summed E-state index contributed by atoms with van der Waals surface area (Å²) in [5.41, 5.74) is 0. The van der Waals surface area contributed by atoms with Crippen molar-refractivity contribution in [3.8, 4) is 0 Å². The molecule has 86 valence electrons. The molecule has 5 heteroatoms. The van der Waals surface area contributed by atoms with Crippen LogP contribution in [0, 0.1) is 5.92 Å². The van der Waals surface area contributed by atoms with Gasteiger partial charge in [-0.15, -0.1) is 11.6 Å². The number of nitrogens with zero attached hydrogens (tertiary/aromatic N) is 1. The monoisotopic (exact) mass is 233 g/mol. The molecule has 0 aliphatic carbocycles. The van der Waals surface area contributed by atoms with Gasteiger partial charge in [0, 0.05) is 31.8 Å². The van der Waals surface area contributed by atoms with Crippen molar-refractivity contribution in [3.05, 3.63) is 0 Å². The van der Waals surface area contributed by atoms with Crippen LogP contribution in [-0.2, 0) is 9.59 Å². The second kappa shape index (κ2) is 5.95. The lowest BCUT2D eigenvalue weighted by Gasteiger charge is -2.15. The fraction of sp³-hybridized carbons (Fsp3) is 0.800. The van der Waals surface area contributed by atoms with Crippen LogP contribution >= 0.6 is 11.6 Å². The molecule has 1 fully saturated rings. The van der Waals surface area contributed by atoms with Crippen molar-refractivity contribution >= 4 is 23.5 Å². The van der Waals surface area contributed by atoms with Crippen LogP contribution in [0.25, 0.3) is 0 Å². The molecule has 0 aromatic heterocycles. The first-order valence-corrected chi connectivity index (χ1v) is 5.72. The zero-order chi connectivity index (χ0) is 11.3. The highest BCUT2D eigenvalue weighted by molar-refractivity contribution is 6.18. The molecule has 15 heavy (non-hydrogen) atoms. The van der Waals surface area contributed by atoms with Crippen molar-refractivity contribution in [1.29, 1.82) is 0 Å². The van der Waals surface area contributed by atoms with E-state index in [0.29, 0.717) is 25.3 Å². The molecule has 0 saturated carbocycles. The van der Waals surface area contributed by atoms with Crippen molar-refractivity contribution in [1.82, 2.24) is 4.90 Å². The molecule has 1 unspecified atom stereocenters.